The first-order valence-corrected chi connectivity index (χ1v) is 9.89. The Balaban J connectivity index is 1.48. The summed E-state index contributed by atoms with van der Waals surface area (Å²) in [5.41, 5.74) is 2.31. The average Bonchev–Trinajstić information content (AvgIpc) is 2.91. The number of nitrogens with zero attached hydrogens (tertiary/aromatic N) is 2. The molecule has 0 radical (unpaired) electrons. The van der Waals surface area contributed by atoms with Crippen molar-refractivity contribution in [1.82, 2.24) is 20.6 Å². The quantitative estimate of drug-likeness (QED) is 0.856. The molecule has 2 aromatic rings. The van der Waals surface area contributed by atoms with Crippen LogP contribution < -0.4 is 10.6 Å². The first kappa shape index (κ1) is 18.6. The van der Waals surface area contributed by atoms with Crippen molar-refractivity contribution in [3.8, 4) is 0 Å². The molecule has 0 spiro atoms. The van der Waals surface area contributed by atoms with Gasteiger partial charge in [0, 0.05) is 29.2 Å². The van der Waals surface area contributed by atoms with Gasteiger partial charge in [-0.25, -0.2) is 4.98 Å². The van der Waals surface area contributed by atoms with E-state index in [0.717, 1.165) is 49.8 Å². The Kier molecular flexibility index (Phi) is 4.65. The predicted octanol–water partition coefficient (Wildman–Crippen LogP) is 3.10. The highest BCUT2D eigenvalue weighted by atomic mass is 16.2. The second kappa shape index (κ2) is 7.00. The lowest BCUT2D eigenvalue weighted by Crippen LogP contribution is -2.55. The Hall–Kier alpha value is -2.76. The van der Waals surface area contributed by atoms with Crippen molar-refractivity contribution in [2.75, 3.05) is 0 Å². The Morgan fingerprint density at radius 1 is 0.964 bits per heavy atom. The number of pyridine rings is 2. The minimum absolute atomic E-state index is 0.0828. The lowest BCUT2D eigenvalue weighted by atomic mass is 9.78. The zero-order valence-corrected chi connectivity index (χ0v) is 16.4. The largest absolute Gasteiger partial charge is 0.346 e. The van der Waals surface area contributed by atoms with Gasteiger partial charge in [0.2, 0.25) is 0 Å². The molecule has 2 aliphatic carbocycles. The van der Waals surface area contributed by atoms with Gasteiger partial charge in [-0.2, -0.15) is 0 Å². The fourth-order valence-electron chi connectivity index (χ4n) is 4.80. The molecule has 2 unspecified atom stereocenters. The van der Waals surface area contributed by atoms with Gasteiger partial charge < -0.3 is 10.6 Å². The molecule has 0 aliphatic heterocycles. The number of hydrogen-bond donors (Lipinski definition) is 2. The van der Waals surface area contributed by atoms with Crippen LogP contribution >= 0.6 is 0 Å². The predicted molar refractivity (Wildman–Crippen MR) is 106 cm³/mol. The molecule has 2 amide bonds. The minimum atomic E-state index is -0.265. The van der Waals surface area contributed by atoms with Gasteiger partial charge in [0.1, 0.15) is 5.69 Å². The SMILES string of the molecule is Cc1cncc(C(=O)NC23CCCC(NC(=O)c4cccc(C)n4)(CC2)C3)c1. The Labute approximate surface area is 165 Å². The van der Waals surface area contributed by atoms with Crippen molar-refractivity contribution in [2.24, 2.45) is 0 Å². The Morgan fingerprint density at radius 3 is 2.36 bits per heavy atom. The first-order chi connectivity index (χ1) is 13.4. The number of nitrogens with one attached hydrogen (secondary N) is 2. The second-order valence-corrected chi connectivity index (χ2v) is 8.41. The van der Waals surface area contributed by atoms with Gasteiger partial charge >= 0.3 is 0 Å². The fraction of sp³-hybridized carbons (Fsp3) is 0.455. The second-order valence-electron chi connectivity index (χ2n) is 8.41. The molecular weight excluding hydrogens is 352 g/mol. The number of hydrogen-bond acceptors (Lipinski definition) is 4. The highest BCUT2D eigenvalue weighted by Gasteiger charge is 2.52. The van der Waals surface area contributed by atoms with E-state index in [1.54, 1.807) is 18.5 Å². The number of aromatic nitrogens is 2. The lowest BCUT2D eigenvalue weighted by Gasteiger charge is -2.40. The van der Waals surface area contributed by atoms with Gasteiger partial charge in [-0.1, -0.05) is 6.07 Å². The van der Waals surface area contributed by atoms with Crippen LogP contribution in [0, 0.1) is 13.8 Å². The minimum Gasteiger partial charge on any atom is -0.346 e. The highest BCUT2D eigenvalue weighted by Crippen LogP contribution is 2.48. The van der Waals surface area contributed by atoms with Gasteiger partial charge in [0.25, 0.3) is 11.8 Å². The molecule has 2 saturated carbocycles. The summed E-state index contributed by atoms with van der Waals surface area (Å²) in [5, 5.41) is 6.52. The third-order valence-electron chi connectivity index (χ3n) is 6.09. The summed E-state index contributed by atoms with van der Waals surface area (Å²) in [6.07, 6.45) is 8.72. The van der Waals surface area contributed by atoms with Gasteiger partial charge in [0.15, 0.2) is 0 Å². The van der Waals surface area contributed by atoms with Gasteiger partial charge in [-0.05, 0) is 76.1 Å². The molecule has 2 aromatic heterocycles. The summed E-state index contributed by atoms with van der Waals surface area (Å²) in [6, 6.07) is 7.34. The van der Waals surface area contributed by atoms with E-state index < -0.39 is 0 Å². The van der Waals surface area contributed by atoms with Gasteiger partial charge in [-0.15, -0.1) is 0 Å². The molecule has 2 atom stereocenters. The molecule has 6 heteroatoms. The third-order valence-corrected chi connectivity index (χ3v) is 6.09. The molecule has 2 heterocycles. The summed E-state index contributed by atoms with van der Waals surface area (Å²) >= 11 is 0. The number of fused-ring (bicyclic) bond motifs is 2. The maximum absolute atomic E-state index is 12.8. The average molecular weight is 378 g/mol. The molecule has 6 nitrogen and oxygen atoms in total. The van der Waals surface area contributed by atoms with Crippen LogP contribution in [0.3, 0.4) is 0 Å². The van der Waals surface area contributed by atoms with Crippen molar-refractivity contribution in [1.29, 1.82) is 0 Å². The summed E-state index contributed by atoms with van der Waals surface area (Å²) < 4.78 is 0. The number of rotatable bonds is 4. The summed E-state index contributed by atoms with van der Waals surface area (Å²) in [6.45, 7) is 3.81. The normalized spacial score (nSPS) is 25.9. The maximum Gasteiger partial charge on any atom is 0.270 e. The molecule has 28 heavy (non-hydrogen) atoms. The fourth-order valence-corrected chi connectivity index (χ4v) is 4.80. The van der Waals surface area contributed by atoms with E-state index in [0.29, 0.717) is 11.3 Å². The standard InChI is InChI=1S/C22H26N4O2/c1-15-11-17(13-23-12-15)19(27)25-21-7-4-8-22(14-21,10-9-21)26-20(28)18-6-3-5-16(2)24-18/h3,5-6,11-13H,4,7-10,14H2,1-2H3,(H,25,27)(H,26,28). The highest BCUT2D eigenvalue weighted by molar-refractivity contribution is 5.95. The number of aryl methyl sites for hydroxylation is 2. The number of carbonyl (C=O) groups excluding carboxylic acids is 2. The monoisotopic (exact) mass is 378 g/mol. The molecule has 146 valence electrons. The third kappa shape index (κ3) is 3.63. The van der Waals surface area contributed by atoms with E-state index >= 15 is 0 Å². The molecule has 0 aromatic carbocycles. The van der Waals surface area contributed by atoms with E-state index in [1.165, 1.54) is 0 Å². The maximum atomic E-state index is 12.8. The topological polar surface area (TPSA) is 84.0 Å². The Bertz CT molecular complexity index is 855. The van der Waals surface area contributed by atoms with Crippen LogP contribution in [-0.4, -0.2) is 32.9 Å². The van der Waals surface area contributed by atoms with Crippen molar-refractivity contribution >= 4 is 11.8 Å². The van der Waals surface area contributed by atoms with Crippen LogP contribution in [0.1, 0.15) is 70.6 Å². The number of carbonyl (C=O) groups is 2. The summed E-state index contributed by atoms with van der Waals surface area (Å²) in [5.74, 6) is -0.212. The van der Waals surface area contributed by atoms with E-state index in [2.05, 4.69) is 20.6 Å². The van der Waals surface area contributed by atoms with Gasteiger partial charge in [0.05, 0.1) is 5.56 Å². The molecular formula is C22H26N4O2. The summed E-state index contributed by atoms with van der Waals surface area (Å²) in [4.78, 5) is 34.0. The first-order valence-electron chi connectivity index (χ1n) is 9.89. The smallest absolute Gasteiger partial charge is 0.270 e. The van der Waals surface area contributed by atoms with Crippen LogP contribution in [0.2, 0.25) is 0 Å². The van der Waals surface area contributed by atoms with Crippen LogP contribution in [-0.2, 0) is 0 Å². The van der Waals surface area contributed by atoms with Crippen LogP contribution in [0.5, 0.6) is 0 Å². The van der Waals surface area contributed by atoms with Crippen LogP contribution in [0.25, 0.3) is 0 Å². The molecule has 0 saturated heterocycles. The van der Waals surface area contributed by atoms with E-state index in [-0.39, 0.29) is 22.9 Å². The van der Waals surface area contributed by atoms with Crippen LogP contribution in [0.4, 0.5) is 0 Å². The van der Waals surface area contributed by atoms with Crippen molar-refractivity contribution < 1.29 is 9.59 Å². The molecule has 2 bridgehead atoms. The Morgan fingerprint density at radius 2 is 1.68 bits per heavy atom. The van der Waals surface area contributed by atoms with E-state index in [1.807, 2.05) is 32.0 Å². The zero-order valence-electron chi connectivity index (χ0n) is 16.4. The lowest BCUT2D eigenvalue weighted by molar-refractivity contribution is 0.0829. The zero-order chi connectivity index (χ0) is 19.8. The molecule has 2 fully saturated rings. The molecule has 4 rings (SSSR count). The number of amides is 2. The van der Waals surface area contributed by atoms with Crippen molar-refractivity contribution in [2.45, 2.75) is 63.5 Å². The summed E-state index contributed by atoms with van der Waals surface area (Å²) in [7, 11) is 0. The van der Waals surface area contributed by atoms with Gasteiger partial charge in [-0.3, -0.25) is 14.6 Å². The van der Waals surface area contributed by atoms with Crippen molar-refractivity contribution in [3.05, 3.63) is 59.2 Å². The molecule has 2 aliphatic rings. The van der Waals surface area contributed by atoms with E-state index in [9.17, 15) is 9.59 Å². The van der Waals surface area contributed by atoms with Crippen LogP contribution in [0.15, 0.2) is 36.7 Å². The van der Waals surface area contributed by atoms with Crippen molar-refractivity contribution in [3.63, 3.8) is 0 Å². The molecule has 2 N–H and O–H groups in total. The van der Waals surface area contributed by atoms with E-state index in [4.69, 9.17) is 0 Å².